The summed E-state index contributed by atoms with van der Waals surface area (Å²) in [6.45, 7) is 5.25. The molecule has 1 heterocycles. The van der Waals surface area contributed by atoms with Crippen LogP contribution in [0.4, 0.5) is 10.3 Å². The van der Waals surface area contributed by atoms with E-state index >= 15 is 0 Å². The fourth-order valence-corrected chi connectivity index (χ4v) is 1.76. The third kappa shape index (κ3) is 5.58. The van der Waals surface area contributed by atoms with Crippen molar-refractivity contribution in [3.63, 3.8) is 0 Å². The van der Waals surface area contributed by atoms with Crippen LogP contribution < -0.4 is 5.32 Å². The maximum absolute atomic E-state index is 12.7. The van der Waals surface area contributed by atoms with Gasteiger partial charge in [-0.1, -0.05) is 13.8 Å². The highest BCUT2D eigenvalue weighted by molar-refractivity contribution is 5.24. The Bertz CT molecular complexity index is 314. The first-order valence-corrected chi connectivity index (χ1v) is 5.86. The van der Waals surface area contributed by atoms with Gasteiger partial charge in [0.05, 0.1) is 12.4 Å². The topological polar surface area (TPSA) is 41.0 Å². The summed E-state index contributed by atoms with van der Waals surface area (Å²) in [7, 11) is 4.06. The maximum Gasteiger partial charge on any atom is 0.223 e. The molecule has 0 aromatic carbocycles. The average molecular weight is 240 g/mol. The van der Waals surface area contributed by atoms with Crippen molar-refractivity contribution in [2.24, 2.45) is 5.92 Å². The smallest absolute Gasteiger partial charge is 0.223 e. The Labute approximate surface area is 102 Å². The summed E-state index contributed by atoms with van der Waals surface area (Å²) in [5.41, 5.74) is 0. The van der Waals surface area contributed by atoms with Crippen LogP contribution in [0.15, 0.2) is 12.4 Å². The van der Waals surface area contributed by atoms with Crippen LogP contribution in [0.5, 0.6) is 0 Å². The number of rotatable bonds is 6. The van der Waals surface area contributed by atoms with Gasteiger partial charge in [-0.25, -0.2) is 14.4 Å². The van der Waals surface area contributed by atoms with Crippen molar-refractivity contribution in [3.05, 3.63) is 18.2 Å². The Morgan fingerprint density at radius 1 is 1.29 bits per heavy atom. The van der Waals surface area contributed by atoms with Crippen molar-refractivity contribution in [2.75, 3.05) is 26.0 Å². The summed E-state index contributed by atoms with van der Waals surface area (Å²) in [4.78, 5) is 9.95. The lowest BCUT2D eigenvalue weighted by Crippen LogP contribution is -2.34. The SMILES string of the molecule is CC(C)CC(CN(C)C)Nc1ncc(F)cn1. The summed E-state index contributed by atoms with van der Waals surface area (Å²) in [5, 5.41) is 3.24. The summed E-state index contributed by atoms with van der Waals surface area (Å²) in [5.74, 6) is 0.662. The van der Waals surface area contributed by atoms with Gasteiger partial charge in [0.1, 0.15) is 0 Å². The minimum Gasteiger partial charge on any atom is -0.350 e. The Kier molecular flexibility index (Phi) is 5.28. The number of nitrogens with zero attached hydrogens (tertiary/aromatic N) is 3. The lowest BCUT2D eigenvalue weighted by atomic mass is 10.0. The van der Waals surface area contributed by atoms with Crippen LogP contribution in [0.2, 0.25) is 0 Å². The molecule has 4 nitrogen and oxygen atoms in total. The summed E-state index contributed by atoms with van der Waals surface area (Å²) < 4.78 is 12.7. The molecule has 0 aliphatic rings. The van der Waals surface area contributed by atoms with Crippen molar-refractivity contribution in [2.45, 2.75) is 26.3 Å². The number of aromatic nitrogens is 2. The molecule has 0 aliphatic carbocycles. The van der Waals surface area contributed by atoms with Gasteiger partial charge in [-0.05, 0) is 26.4 Å². The van der Waals surface area contributed by atoms with Gasteiger partial charge in [0.15, 0.2) is 5.82 Å². The van der Waals surface area contributed by atoms with E-state index in [1.165, 1.54) is 12.4 Å². The molecular weight excluding hydrogens is 219 g/mol. The zero-order chi connectivity index (χ0) is 12.8. The molecule has 0 spiro atoms. The second-order valence-electron chi connectivity index (χ2n) is 4.96. The molecule has 17 heavy (non-hydrogen) atoms. The van der Waals surface area contributed by atoms with Crippen molar-refractivity contribution >= 4 is 5.95 Å². The third-order valence-electron chi connectivity index (χ3n) is 2.30. The molecule has 0 saturated heterocycles. The second kappa shape index (κ2) is 6.49. The zero-order valence-corrected chi connectivity index (χ0v) is 10.9. The van der Waals surface area contributed by atoms with Crippen LogP contribution >= 0.6 is 0 Å². The molecule has 0 radical (unpaired) electrons. The van der Waals surface area contributed by atoms with Crippen molar-refractivity contribution < 1.29 is 4.39 Å². The zero-order valence-electron chi connectivity index (χ0n) is 10.9. The molecule has 1 aromatic heterocycles. The van der Waals surface area contributed by atoms with Gasteiger partial charge in [-0.3, -0.25) is 0 Å². The van der Waals surface area contributed by atoms with Gasteiger partial charge in [0.25, 0.3) is 0 Å². The predicted octanol–water partition coefficient (Wildman–Crippen LogP) is 2.00. The third-order valence-corrected chi connectivity index (χ3v) is 2.30. The van der Waals surface area contributed by atoms with E-state index in [4.69, 9.17) is 0 Å². The number of hydrogen-bond acceptors (Lipinski definition) is 4. The average Bonchev–Trinajstić information content (AvgIpc) is 2.19. The number of halogens is 1. The molecule has 1 aromatic rings. The van der Waals surface area contributed by atoms with Gasteiger partial charge in [0, 0.05) is 12.6 Å². The number of hydrogen-bond donors (Lipinski definition) is 1. The number of likely N-dealkylation sites (N-methyl/N-ethyl adjacent to an activating group) is 1. The van der Waals surface area contributed by atoms with E-state index in [0.717, 1.165) is 13.0 Å². The van der Waals surface area contributed by atoms with Crippen LogP contribution in [-0.4, -0.2) is 41.5 Å². The van der Waals surface area contributed by atoms with Crippen LogP contribution in [0.25, 0.3) is 0 Å². The molecule has 0 bridgehead atoms. The maximum atomic E-state index is 12.7. The first-order valence-electron chi connectivity index (χ1n) is 5.86. The Morgan fingerprint density at radius 3 is 2.35 bits per heavy atom. The van der Waals surface area contributed by atoms with Gasteiger partial charge < -0.3 is 10.2 Å². The second-order valence-corrected chi connectivity index (χ2v) is 4.96. The standard InChI is InChI=1S/C12H21FN4/c1-9(2)5-11(8-17(3)4)16-12-14-6-10(13)7-15-12/h6-7,9,11H,5,8H2,1-4H3,(H,14,15,16). The Hall–Kier alpha value is -1.23. The molecule has 1 N–H and O–H groups in total. The lowest BCUT2D eigenvalue weighted by molar-refractivity contribution is 0.355. The molecule has 5 heteroatoms. The monoisotopic (exact) mass is 240 g/mol. The normalized spacial score (nSPS) is 13.1. The predicted molar refractivity (Wildman–Crippen MR) is 67.4 cm³/mol. The minimum atomic E-state index is -0.413. The lowest BCUT2D eigenvalue weighted by Gasteiger charge is -2.23. The van der Waals surface area contributed by atoms with E-state index in [1.807, 2.05) is 14.1 Å². The molecule has 1 unspecified atom stereocenters. The Morgan fingerprint density at radius 2 is 1.88 bits per heavy atom. The molecule has 1 rings (SSSR count). The summed E-state index contributed by atoms with van der Waals surface area (Å²) >= 11 is 0. The van der Waals surface area contributed by atoms with E-state index in [2.05, 4.69) is 34.0 Å². The van der Waals surface area contributed by atoms with Crippen molar-refractivity contribution in [1.82, 2.24) is 14.9 Å². The molecule has 0 saturated carbocycles. The highest BCUT2D eigenvalue weighted by Gasteiger charge is 2.13. The largest absolute Gasteiger partial charge is 0.350 e. The van der Waals surface area contributed by atoms with Gasteiger partial charge in [0.2, 0.25) is 5.95 Å². The van der Waals surface area contributed by atoms with Crippen LogP contribution in [0.1, 0.15) is 20.3 Å². The fraction of sp³-hybridized carbons (Fsp3) is 0.667. The summed E-state index contributed by atoms with van der Waals surface area (Å²) in [6, 6.07) is 0.274. The van der Waals surface area contributed by atoms with Crippen molar-refractivity contribution in [1.29, 1.82) is 0 Å². The molecule has 0 amide bonds. The minimum absolute atomic E-state index is 0.274. The van der Waals surface area contributed by atoms with Gasteiger partial charge >= 0.3 is 0 Å². The van der Waals surface area contributed by atoms with E-state index < -0.39 is 5.82 Å². The van der Waals surface area contributed by atoms with Crippen molar-refractivity contribution in [3.8, 4) is 0 Å². The van der Waals surface area contributed by atoms with Gasteiger partial charge in [-0.2, -0.15) is 0 Å². The van der Waals surface area contributed by atoms with Crippen LogP contribution in [0.3, 0.4) is 0 Å². The molecule has 0 fully saturated rings. The Balaban J connectivity index is 2.61. The van der Waals surface area contributed by atoms with Crippen LogP contribution in [0, 0.1) is 11.7 Å². The first-order chi connectivity index (χ1) is 7.97. The van der Waals surface area contributed by atoms with Gasteiger partial charge in [-0.15, -0.1) is 0 Å². The number of anilines is 1. The molecular formula is C12H21FN4. The van der Waals surface area contributed by atoms with E-state index in [-0.39, 0.29) is 6.04 Å². The number of nitrogens with one attached hydrogen (secondary N) is 1. The molecule has 1 atom stereocenters. The molecule has 0 aliphatic heterocycles. The molecule has 96 valence electrons. The highest BCUT2D eigenvalue weighted by Crippen LogP contribution is 2.10. The fourth-order valence-electron chi connectivity index (χ4n) is 1.76. The van der Waals surface area contributed by atoms with E-state index in [9.17, 15) is 4.39 Å². The van der Waals surface area contributed by atoms with Crippen LogP contribution in [-0.2, 0) is 0 Å². The first kappa shape index (κ1) is 13.8. The summed E-state index contributed by atoms with van der Waals surface area (Å²) in [6.07, 6.45) is 3.38. The highest BCUT2D eigenvalue weighted by atomic mass is 19.1. The van der Waals surface area contributed by atoms with E-state index in [0.29, 0.717) is 11.9 Å². The quantitative estimate of drug-likeness (QED) is 0.825. The van der Waals surface area contributed by atoms with E-state index in [1.54, 1.807) is 0 Å².